The molecule has 0 aliphatic carbocycles. The first-order valence-electron chi connectivity index (χ1n) is 8.98. The van der Waals surface area contributed by atoms with Crippen molar-refractivity contribution in [3.8, 4) is 0 Å². The van der Waals surface area contributed by atoms with Crippen molar-refractivity contribution in [3.63, 3.8) is 0 Å². The number of nitrogens with one attached hydrogen (secondary N) is 3. The Labute approximate surface area is 189 Å². The van der Waals surface area contributed by atoms with Crippen molar-refractivity contribution in [2.75, 3.05) is 19.0 Å². The minimum atomic E-state index is -4.67. The summed E-state index contributed by atoms with van der Waals surface area (Å²) in [5.74, 6) is -1.46. The number of fused-ring (bicyclic) bond motifs is 1. The maximum absolute atomic E-state index is 12.9. The lowest BCUT2D eigenvalue weighted by atomic mass is 9.96. The molecule has 2 saturated heterocycles. The first-order valence-corrected chi connectivity index (χ1v) is 11.7. The molecule has 32 heavy (non-hydrogen) atoms. The maximum atomic E-state index is 12.9. The Bertz CT molecular complexity index is 1220. The molecule has 2 aromatic heterocycles. The average molecular weight is 510 g/mol. The molecule has 0 saturated carbocycles. The molecule has 0 radical (unpaired) electrons. The summed E-state index contributed by atoms with van der Waals surface area (Å²) >= 11 is 7.20. The number of ether oxygens (including phenoxy) is 1. The van der Waals surface area contributed by atoms with Gasteiger partial charge in [-0.1, -0.05) is 17.7 Å². The Morgan fingerprint density at radius 2 is 2.19 bits per heavy atom. The van der Waals surface area contributed by atoms with Crippen molar-refractivity contribution >= 4 is 50.6 Å². The average Bonchev–Trinajstić information content (AvgIpc) is 3.31. The molecule has 2 aromatic rings. The van der Waals surface area contributed by atoms with Gasteiger partial charge in [0.1, 0.15) is 17.1 Å². The molecule has 0 aromatic carbocycles. The van der Waals surface area contributed by atoms with Crippen LogP contribution in [0.1, 0.15) is 26.7 Å². The fourth-order valence-electron chi connectivity index (χ4n) is 3.51. The minimum Gasteiger partial charge on any atom is -0.358 e. The second-order valence-corrected chi connectivity index (χ2v) is 10.5. The molecule has 2 atom stereocenters. The first kappa shape index (κ1) is 22.8. The fourth-order valence-corrected chi connectivity index (χ4v) is 6.84. The van der Waals surface area contributed by atoms with Crippen LogP contribution in [-0.4, -0.2) is 48.7 Å². The summed E-state index contributed by atoms with van der Waals surface area (Å²) in [6, 6.07) is 4.37. The summed E-state index contributed by atoms with van der Waals surface area (Å²) in [5, 5.41) is 13.2. The zero-order chi connectivity index (χ0) is 23.5. The van der Waals surface area contributed by atoms with E-state index >= 15 is 0 Å². The van der Waals surface area contributed by atoms with Gasteiger partial charge in [-0.3, -0.25) is 10.2 Å². The number of guanidine groups is 1. The Morgan fingerprint density at radius 3 is 2.88 bits per heavy atom. The van der Waals surface area contributed by atoms with Gasteiger partial charge in [0.25, 0.3) is 15.9 Å². The van der Waals surface area contributed by atoms with Crippen molar-refractivity contribution in [1.82, 2.24) is 14.6 Å². The van der Waals surface area contributed by atoms with Crippen LogP contribution >= 0.6 is 22.9 Å². The highest BCUT2D eigenvalue weighted by molar-refractivity contribution is 7.90. The SMILES string of the molecule is CN1C(=N)N[C@@]2(c3sc(C(=O)Nc4cccc(C(F)(F)F)n4)cc3Cl)CCOC2S1(=O)=O. The Balaban J connectivity index is 1.66. The Kier molecular flexibility index (Phi) is 5.39. The van der Waals surface area contributed by atoms with Gasteiger partial charge in [-0.05, 0) is 18.2 Å². The second kappa shape index (κ2) is 7.57. The number of aromatic nitrogens is 1. The van der Waals surface area contributed by atoms with Gasteiger partial charge in [0.05, 0.1) is 21.4 Å². The summed E-state index contributed by atoms with van der Waals surface area (Å²) in [6.07, 6.45) is -4.50. The number of carbonyl (C=O) groups excluding carboxylic acids is 1. The predicted molar refractivity (Wildman–Crippen MR) is 110 cm³/mol. The molecule has 1 unspecified atom stereocenters. The summed E-state index contributed by atoms with van der Waals surface area (Å²) in [4.78, 5) is 16.3. The van der Waals surface area contributed by atoms with E-state index in [0.717, 1.165) is 27.8 Å². The van der Waals surface area contributed by atoms with E-state index in [0.29, 0.717) is 0 Å². The molecule has 9 nitrogen and oxygen atoms in total. The summed E-state index contributed by atoms with van der Waals surface area (Å²) in [5.41, 5.74) is -3.91. The quantitative estimate of drug-likeness (QED) is 0.584. The molecule has 3 N–H and O–H groups in total. The van der Waals surface area contributed by atoms with E-state index in [1.54, 1.807) is 0 Å². The van der Waals surface area contributed by atoms with Crippen molar-refractivity contribution in [2.24, 2.45) is 0 Å². The molecule has 2 fully saturated rings. The molecule has 4 rings (SSSR count). The molecular formula is C17H15ClF3N5O4S2. The monoisotopic (exact) mass is 509 g/mol. The summed E-state index contributed by atoms with van der Waals surface area (Å²) < 4.78 is 70.4. The van der Waals surface area contributed by atoms with Crippen LogP contribution in [0.3, 0.4) is 0 Å². The molecule has 4 heterocycles. The van der Waals surface area contributed by atoms with Crippen LogP contribution in [0.5, 0.6) is 0 Å². The number of hydrogen-bond acceptors (Lipinski definition) is 7. The summed E-state index contributed by atoms with van der Waals surface area (Å²) in [6.45, 7) is 0.0714. The van der Waals surface area contributed by atoms with E-state index in [1.807, 2.05) is 0 Å². The van der Waals surface area contributed by atoms with Gasteiger partial charge in [-0.2, -0.15) is 13.2 Å². The van der Waals surface area contributed by atoms with Crippen LogP contribution in [-0.2, 0) is 26.5 Å². The lowest BCUT2D eigenvalue weighted by Gasteiger charge is -2.42. The van der Waals surface area contributed by atoms with E-state index in [9.17, 15) is 26.4 Å². The highest BCUT2D eigenvalue weighted by Gasteiger charge is 2.59. The van der Waals surface area contributed by atoms with Gasteiger partial charge < -0.3 is 15.4 Å². The van der Waals surface area contributed by atoms with Gasteiger partial charge in [0.2, 0.25) is 11.4 Å². The predicted octanol–water partition coefficient (Wildman–Crippen LogP) is 2.81. The van der Waals surface area contributed by atoms with Crippen LogP contribution in [0.15, 0.2) is 24.3 Å². The van der Waals surface area contributed by atoms with E-state index in [2.05, 4.69) is 15.6 Å². The standard InChI is InChI=1S/C17H15ClF3N5O4S2/c1-26-15(22)25-16(5-6-30-14(16)32(26,28)29)12-8(18)7-9(31-12)13(27)24-11-4-2-3-10(23-11)17(19,20)21/h2-4,7,14H,5-6H2,1H3,(H2,22,25)(H,23,24,27)/t14?,16-/m1/s1. The number of sulfonamides is 1. The van der Waals surface area contributed by atoms with Crippen LogP contribution in [0.4, 0.5) is 19.0 Å². The van der Waals surface area contributed by atoms with Crippen molar-refractivity contribution < 1.29 is 31.1 Å². The van der Waals surface area contributed by atoms with Crippen LogP contribution in [0, 0.1) is 5.41 Å². The van der Waals surface area contributed by atoms with Gasteiger partial charge in [-0.25, -0.2) is 17.7 Å². The van der Waals surface area contributed by atoms with Crippen molar-refractivity contribution in [1.29, 1.82) is 5.41 Å². The highest BCUT2D eigenvalue weighted by atomic mass is 35.5. The van der Waals surface area contributed by atoms with Crippen LogP contribution in [0.25, 0.3) is 0 Å². The number of nitrogens with zero attached hydrogens (tertiary/aromatic N) is 2. The van der Waals surface area contributed by atoms with E-state index in [4.69, 9.17) is 21.7 Å². The smallest absolute Gasteiger partial charge is 0.358 e. The van der Waals surface area contributed by atoms with E-state index in [1.165, 1.54) is 19.2 Å². The van der Waals surface area contributed by atoms with Gasteiger partial charge in [0.15, 0.2) is 0 Å². The lowest BCUT2D eigenvalue weighted by Crippen LogP contribution is -2.65. The third-order valence-corrected chi connectivity index (χ3v) is 8.82. The summed E-state index contributed by atoms with van der Waals surface area (Å²) in [7, 11) is -2.82. The topological polar surface area (TPSA) is 124 Å². The molecule has 1 amide bonds. The third-order valence-electron chi connectivity index (χ3n) is 5.07. The molecule has 2 aliphatic heterocycles. The van der Waals surface area contributed by atoms with Crippen molar-refractivity contribution in [2.45, 2.75) is 23.6 Å². The third kappa shape index (κ3) is 3.60. The number of hydrogen-bond donors (Lipinski definition) is 3. The van der Waals surface area contributed by atoms with Gasteiger partial charge in [0, 0.05) is 13.5 Å². The number of anilines is 1. The lowest BCUT2D eigenvalue weighted by molar-refractivity contribution is -0.141. The molecule has 0 bridgehead atoms. The molecule has 0 spiro atoms. The number of thiophene rings is 1. The van der Waals surface area contributed by atoms with Crippen molar-refractivity contribution in [3.05, 3.63) is 44.7 Å². The number of pyridine rings is 1. The first-order chi connectivity index (χ1) is 14.9. The van der Waals surface area contributed by atoms with Gasteiger partial charge >= 0.3 is 6.18 Å². The number of halogens is 4. The number of rotatable bonds is 3. The minimum absolute atomic E-state index is 0.0221. The van der Waals surface area contributed by atoms with Gasteiger partial charge in [-0.15, -0.1) is 11.3 Å². The molecule has 15 heteroatoms. The number of carbonyl (C=O) groups is 1. The van der Waals surface area contributed by atoms with Crippen LogP contribution < -0.4 is 10.6 Å². The Morgan fingerprint density at radius 1 is 1.47 bits per heavy atom. The van der Waals surface area contributed by atoms with E-state index in [-0.39, 0.29) is 39.6 Å². The zero-order valence-electron chi connectivity index (χ0n) is 16.2. The number of alkyl halides is 3. The normalized spacial score (nSPS) is 24.7. The second-order valence-electron chi connectivity index (χ2n) is 7.06. The zero-order valence-corrected chi connectivity index (χ0v) is 18.5. The molecule has 2 aliphatic rings. The Hall–Kier alpha value is -2.42. The molecular weight excluding hydrogens is 495 g/mol. The van der Waals surface area contributed by atoms with Crippen LogP contribution in [0.2, 0.25) is 5.02 Å². The van der Waals surface area contributed by atoms with E-state index < -0.39 is 38.8 Å². The molecule has 172 valence electrons. The maximum Gasteiger partial charge on any atom is 0.433 e. The highest BCUT2D eigenvalue weighted by Crippen LogP contribution is 2.48. The largest absolute Gasteiger partial charge is 0.433 e. The fraction of sp³-hybridized carbons (Fsp3) is 0.353. The number of amides is 1.